The Kier molecular flexibility index (Phi) is 7.40. The average Bonchev–Trinajstić information content (AvgIpc) is 3.08. The summed E-state index contributed by atoms with van der Waals surface area (Å²) in [5.74, 6) is -0.196. The van der Waals surface area contributed by atoms with Gasteiger partial charge in [-0.25, -0.2) is 0 Å². The lowest BCUT2D eigenvalue weighted by atomic mass is 9.78. The molecule has 3 aromatic rings. The molecule has 210 valence electrons. The molecular weight excluding hydrogens is 624 g/mol. The van der Waals surface area contributed by atoms with E-state index in [1.165, 1.54) is 37.7 Å². The van der Waals surface area contributed by atoms with E-state index in [9.17, 15) is 13.2 Å². The molecule has 0 aliphatic carbocycles. The number of alkyl halides is 3. The Hall–Kier alpha value is -3.07. The second-order valence-electron chi connectivity index (χ2n) is 11.1. The van der Waals surface area contributed by atoms with Crippen LogP contribution < -0.4 is 12.8 Å². The van der Waals surface area contributed by atoms with E-state index in [2.05, 4.69) is 77.2 Å². The summed E-state index contributed by atoms with van der Waals surface area (Å²) in [6.45, 7) is 11.9. The van der Waals surface area contributed by atoms with Crippen LogP contribution in [0, 0.1) is 0 Å². The molecule has 2 heterocycles. The molecule has 40 heavy (non-hydrogen) atoms. The van der Waals surface area contributed by atoms with Gasteiger partial charge in [0, 0.05) is 60.3 Å². The van der Waals surface area contributed by atoms with Crippen molar-refractivity contribution in [2.45, 2.75) is 51.8 Å². The lowest BCUT2D eigenvalue weighted by Gasteiger charge is -2.38. The standard InChI is InChI=1S/C33H34F3IN2O/c1-7-39-27-19-17-22-13-11-12-14-24(22)30(27)32(4,5)28(37-39)15-9-8-10-16-29-31(2,3)25-21-23(40-33(34,35)36)18-20-26(25)38(29)6/h8-21H,7H2,1-6H3/b10-8+,15-9+,29-16+. The Bertz CT molecular complexity index is 1580. The molecule has 7 heteroatoms. The van der Waals surface area contributed by atoms with E-state index in [4.69, 9.17) is 0 Å². The van der Waals surface area contributed by atoms with Crippen LogP contribution in [-0.2, 0) is 10.8 Å². The van der Waals surface area contributed by atoms with Gasteiger partial charge in [0.25, 0.3) is 0 Å². The number of benzene rings is 3. The van der Waals surface area contributed by atoms with Gasteiger partial charge in [-0.15, -0.1) is 13.2 Å². The second kappa shape index (κ2) is 10.4. The third-order valence-corrected chi connectivity index (χ3v) is 11.8. The lowest BCUT2D eigenvalue weighted by Crippen LogP contribution is -2.34. The monoisotopic (exact) mass is 658 g/mol. The molecule has 0 saturated carbocycles. The summed E-state index contributed by atoms with van der Waals surface area (Å²) in [4.78, 5) is 2.03. The normalized spacial score (nSPS) is 19.2. The van der Waals surface area contributed by atoms with Gasteiger partial charge in [0.2, 0.25) is 0 Å². The lowest BCUT2D eigenvalue weighted by molar-refractivity contribution is -0.274. The topological polar surface area (TPSA) is 15.7 Å². The zero-order valence-electron chi connectivity index (χ0n) is 23.6. The van der Waals surface area contributed by atoms with Crippen LogP contribution in [0.15, 0.2) is 90.7 Å². The maximum absolute atomic E-state index is 12.8. The predicted molar refractivity (Wildman–Crippen MR) is 170 cm³/mol. The highest BCUT2D eigenvalue weighted by Crippen LogP contribution is 2.49. The number of hydrogen-bond donors (Lipinski definition) is 0. The zero-order valence-corrected chi connectivity index (χ0v) is 25.8. The fraction of sp³-hybridized carbons (Fsp3) is 0.303. The molecule has 0 spiro atoms. The minimum absolute atomic E-state index is 0.0799. The first-order chi connectivity index (χ1) is 18.8. The second-order valence-corrected chi connectivity index (χ2v) is 13.9. The number of hydrogen-bond acceptors (Lipinski definition) is 3. The van der Waals surface area contributed by atoms with E-state index >= 15 is 0 Å². The van der Waals surface area contributed by atoms with Gasteiger partial charge in [-0.05, 0) is 59.2 Å². The minimum atomic E-state index is -4.72. The molecule has 0 aromatic heterocycles. The molecule has 0 N–H and O–H groups in total. The first kappa shape index (κ1) is 28.5. The summed E-state index contributed by atoms with van der Waals surface area (Å²) in [6.07, 6.45) is 5.77. The molecule has 0 unspecified atom stereocenters. The van der Waals surface area contributed by atoms with Gasteiger partial charge in [-0.3, -0.25) is 0 Å². The van der Waals surface area contributed by atoms with E-state index in [-0.39, 0.29) is 32.2 Å². The van der Waals surface area contributed by atoms with Crippen LogP contribution in [0.5, 0.6) is 5.75 Å². The number of nitrogens with zero attached hydrogens (tertiary/aromatic N) is 2. The number of rotatable bonds is 5. The number of fused-ring (bicyclic) bond motifs is 4. The Balaban J connectivity index is 1.40. The van der Waals surface area contributed by atoms with Crippen LogP contribution >= 0.6 is 21.0 Å². The summed E-state index contributed by atoms with van der Waals surface area (Å²) in [5.41, 5.74) is 4.89. The third kappa shape index (κ3) is 5.08. The van der Waals surface area contributed by atoms with Crippen molar-refractivity contribution in [2.75, 3.05) is 21.6 Å². The molecule has 0 fully saturated rings. The first-order valence-corrected chi connectivity index (χ1v) is 15.4. The van der Waals surface area contributed by atoms with Crippen molar-refractivity contribution in [1.29, 1.82) is 0 Å². The fourth-order valence-corrected chi connectivity index (χ4v) is 8.70. The van der Waals surface area contributed by atoms with Crippen molar-refractivity contribution >= 4 is 46.7 Å². The number of halogens is 4. The molecule has 5 rings (SSSR count). The van der Waals surface area contributed by atoms with Gasteiger partial charge in [0.15, 0.2) is 0 Å². The summed E-state index contributed by atoms with van der Waals surface area (Å²) in [7, 11) is 1.94. The molecule has 2 aliphatic heterocycles. The molecular formula is C33H34F3IN2O. The van der Waals surface area contributed by atoms with E-state index in [1.54, 1.807) is 6.07 Å². The minimum Gasteiger partial charge on any atom is -0.406 e. The van der Waals surface area contributed by atoms with Crippen molar-refractivity contribution in [3.05, 3.63) is 102 Å². The van der Waals surface area contributed by atoms with Gasteiger partial charge in [0.05, 0.1) is 5.69 Å². The highest BCUT2D eigenvalue weighted by Gasteiger charge is 2.40. The molecule has 3 aromatic carbocycles. The number of likely N-dealkylation sites (N-methyl/N-ethyl adjacent to an activating group) is 1. The van der Waals surface area contributed by atoms with Crippen LogP contribution in [0.3, 0.4) is 0 Å². The van der Waals surface area contributed by atoms with Gasteiger partial charge in [-0.2, -0.15) is 0 Å². The van der Waals surface area contributed by atoms with Crippen LogP contribution in [0.4, 0.5) is 24.5 Å². The predicted octanol–water partition coefficient (Wildman–Crippen LogP) is 9.34. The van der Waals surface area contributed by atoms with Crippen LogP contribution in [0.2, 0.25) is 0 Å². The van der Waals surface area contributed by atoms with Gasteiger partial charge in [-0.1, -0.05) is 82.3 Å². The average molecular weight is 659 g/mol. The van der Waals surface area contributed by atoms with Crippen molar-refractivity contribution in [3.8, 4) is 5.75 Å². The van der Waals surface area contributed by atoms with Crippen molar-refractivity contribution < 1.29 is 17.9 Å². The van der Waals surface area contributed by atoms with Crippen molar-refractivity contribution in [2.24, 2.45) is 0 Å². The largest absolute Gasteiger partial charge is 0.573 e. The molecule has 0 atom stereocenters. The van der Waals surface area contributed by atoms with Crippen molar-refractivity contribution in [3.63, 3.8) is 0 Å². The Morgan fingerprint density at radius 2 is 1.62 bits per heavy atom. The van der Waals surface area contributed by atoms with E-state index < -0.39 is 11.8 Å². The highest BCUT2D eigenvalue weighted by atomic mass is 127. The summed E-state index contributed by atoms with van der Waals surface area (Å²) < 4.78 is 46.5. The van der Waals surface area contributed by atoms with Gasteiger partial charge >= 0.3 is 6.36 Å². The first-order valence-electron chi connectivity index (χ1n) is 13.4. The van der Waals surface area contributed by atoms with Crippen LogP contribution in [0.1, 0.15) is 45.7 Å². The summed E-state index contributed by atoms with van der Waals surface area (Å²) in [5, 5.41) is 2.58. The van der Waals surface area contributed by atoms with E-state index in [0.29, 0.717) is 0 Å². The molecule has 0 saturated heterocycles. The Labute approximate surface area is 244 Å². The molecule has 0 bridgehead atoms. The Morgan fingerprint density at radius 3 is 2.35 bits per heavy atom. The number of allylic oxidation sites excluding steroid dienone is 6. The zero-order chi connectivity index (χ0) is 28.9. The quantitative estimate of drug-likeness (QED) is 0.154. The molecule has 0 radical (unpaired) electrons. The number of anilines is 2. The maximum Gasteiger partial charge on any atom is 0.573 e. The molecule has 2 aliphatic rings. The fourth-order valence-electron chi connectivity index (χ4n) is 5.83. The van der Waals surface area contributed by atoms with Crippen LogP contribution in [-0.4, -0.2) is 23.5 Å². The SMILES string of the molecule is CCN1I=C(/C=C/C=C/C=C2/N(C)c3ccc(OC(F)(F)F)cc3C2(C)C)C(C)(C)c2c1ccc1ccccc21. The van der Waals surface area contributed by atoms with Crippen molar-refractivity contribution in [1.82, 2.24) is 0 Å². The molecule has 0 amide bonds. The van der Waals surface area contributed by atoms with Gasteiger partial charge in [0.1, 0.15) is 5.75 Å². The highest BCUT2D eigenvalue weighted by molar-refractivity contribution is 14.2. The third-order valence-electron chi connectivity index (χ3n) is 7.82. The maximum atomic E-state index is 12.8. The van der Waals surface area contributed by atoms with E-state index in [1.807, 2.05) is 44.0 Å². The molecule has 3 nitrogen and oxygen atoms in total. The summed E-state index contributed by atoms with van der Waals surface area (Å²) in [6, 6.07) is 17.7. The Morgan fingerprint density at radius 1 is 0.900 bits per heavy atom. The summed E-state index contributed by atoms with van der Waals surface area (Å²) >= 11 is -0.339. The van der Waals surface area contributed by atoms with E-state index in [0.717, 1.165) is 23.5 Å². The number of ether oxygens (including phenoxy) is 1. The van der Waals surface area contributed by atoms with Crippen LogP contribution in [0.25, 0.3) is 10.8 Å². The smallest absolute Gasteiger partial charge is 0.406 e. The van der Waals surface area contributed by atoms with Gasteiger partial charge < -0.3 is 12.8 Å².